The number of likely N-dealkylation sites (tertiary alicyclic amines) is 1. The molecule has 1 heterocycles. The zero-order valence-electron chi connectivity index (χ0n) is 16.2. The Morgan fingerprint density at radius 2 is 1.77 bits per heavy atom. The van der Waals surface area contributed by atoms with E-state index in [2.05, 4.69) is 79.5 Å². The number of carbonyl (C=O) groups excluding carboxylic acids is 1. The summed E-state index contributed by atoms with van der Waals surface area (Å²) in [5.74, 6) is 0.339. The molecule has 1 fully saturated rings. The summed E-state index contributed by atoms with van der Waals surface area (Å²) in [6.45, 7) is 9.28. The first-order valence-electron chi connectivity index (χ1n) is 9.66. The van der Waals surface area contributed by atoms with E-state index in [4.69, 9.17) is 0 Å². The van der Waals surface area contributed by atoms with Crippen molar-refractivity contribution in [3.05, 3.63) is 70.8 Å². The summed E-state index contributed by atoms with van der Waals surface area (Å²) in [5.41, 5.74) is 5.10. The maximum atomic E-state index is 12.7. The van der Waals surface area contributed by atoms with Crippen LogP contribution >= 0.6 is 0 Å². The van der Waals surface area contributed by atoms with Crippen LogP contribution in [0.25, 0.3) is 0 Å². The number of nitrogens with zero attached hydrogens (tertiary/aromatic N) is 1. The maximum absolute atomic E-state index is 12.7. The van der Waals surface area contributed by atoms with Crippen LogP contribution in [0, 0.1) is 19.8 Å². The molecule has 138 valence electrons. The molecule has 1 atom stereocenters. The number of aryl methyl sites for hydroxylation is 2. The minimum absolute atomic E-state index is 0.0594. The number of benzene rings is 2. The molecule has 26 heavy (non-hydrogen) atoms. The molecule has 0 saturated carbocycles. The Morgan fingerprint density at radius 3 is 2.42 bits per heavy atom. The number of carbonyl (C=O) groups is 1. The molecule has 0 aliphatic carbocycles. The van der Waals surface area contributed by atoms with E-state index < -0.39 is 0 Å². The monoisotopic (exact) mass is 350 g/mol. The van der Waals surface area contributed by atoms with Gasteiger partial charge < -0.3 is 5.32 Å². The third kappa shape index (κ3) is 4.73. The van der Waals surface area contributed by atoms with Crippen molar-refractivity contribution in [1.29, 1.82) is 0 Å². The number of nitrogens with one attached hydrogen (secondary N) is 1. The first-order valence-corrected chi connectivity index (χ1v) is 9.66. The molecule has 2 aromatic carbocycles. The average molecular weight is 351 g/mol. The van der Waals surface area contributed by atoms with Gasteiger partial charge in [-0.3, -0.25) is 9.69 Å². The molecule has 0 spiro atoms. The molecule has 0 bridgehead atoms. The van der Waals surface area contributed by atoms with Gasteiger partial charge in [-0.1, -0.05) is 48.5 Å². The number of piperidine rings is 1. The quantitative estimate of drug-likeness (QED) is 0.867. The van der Waals surface area contributed by atoms with Crippen molar-refractivity contribution in [2.45, 2.75) is 46.2 Å². The summed E-state index contributed by atoms with van der Waals surface area (Å²) in [6.07, 6.45) is 1.89. The molecule has 1 N–H and O–H groups in total. The van der Waals surface area contributed by atoms with Crippen LogP contribution in [0.2, 0.25) is 0 Å². The van der Waals surface area contributed by atoms with E-state index in [0.29, 0.717) is 0 Å². The molecule has 1 saturated heterocycles. The summed E-state index contributed by atoms with van der Waals surface area (Å²) in [5, 5.41) is 3.22. The van der Waals surface area contributed by atoms with E-state index in [1.807, 2.05) is 0 Å². The molecule has 2 aromatic rings. The number of amides is 1. The SMILES string of the molecule is Cc1ccc(C(C)NC(=O)C2CCN(Cc3ccccc3)CC2)cc1C. The molecular weight excluding hydrogens is 320 g/mol. The lowest BCUT2D eigenvalue weighted by atomic mass is 9.94. The fourth-order valence-electron chi connectivity index (χ4n) is 3.64. The highest BCUT2D eigenvalue weighted by Crippen LogP contribution is 2.22. The van der Waals surface area contributed by atoms with E-state index in [9.17, 15) is 4.79 Å². The zero-order valence-corrected chi connectivity index (χ0v) is 16.2. The van der Waals surface area contributed by atoms with Gasteiger partial charge in [0.05, 0.1) is 6.04 Å². The van der Waals surface area contributed by atoms with Crippen molar-refractivity contribution >= 4 is 5.91 Å². The summed E-state index contributed by atoms with van der Waals surface area (Å²) >= 11 is 0. The van der Waals surface area contributed by atoms with Gasteiger partial charge in [-0.15, -0.1) is 0 Å². The lowest BCUT2D eigenvalue weighted by Gasteiger charge is -2.32. The van der Waals surface area contributed by atoms with Crippen molar-refractivity contribution in [3.63, 3.8) is 0 Å². The average Bonchev–Trinajstić information content (AvgIpc) is 2.65. The molecule has 1 unspecified atom stereocenters. The Labute approximate surface area is 157 Å². The smallest absolute Gasteiger partial charge is 0.223 e. The van der Waals surface area contributed by atoms with Crippen LogP contribution in [0.1, 0.15) is 48.1 Å². The molecule has 1 aliphatic heterocycles. The summed E-state index contributed by atoms with van der Waals surface area (Å²) in [6, 6.07) is 17.1. The van der Waals surface area contributed by atoms with Gasteiger partial charge in [0.1, 0.15) is 0 Å². The van der Waals surface area contributed by atoms with Crippen LogP contribution in [0.3, 0.4) is 0 Å². The van der Waals surface area contributed by atoms with Gasteiger partial charge in [0.15, 0.2) is 0 Å². The lowest BCUT2D eigenvalue weighted by molar-refractivity contribution is -0.127. The van der Waals surface area contributed by atoms with Crippen LogP contribution in [-0.2, 0) is 11.3 Å². The van der Waals surface area contributed by atoms with Gasteiger partial charge >= 0.3 is 0 Å². The molecule has 3 heteroatoms. The van der Waals surface area contributed by atoms with Gasteiger partial charge in [-0.05, 0) is 69.0 Å². The Balaban J connectivity index is 1.49. The largest absolute Gasteiger partial charge is 0.349 e. The zero-order chi connectivity index (χ0) is 18.5. The standard InChI is InChI=1S/C23H30N2O/c1-17-9-10-22(15-18(17)2)19(3)24-23(26)21-11-13-25(14-12-21)16-20-7-5-4-6-8-20/h4-10,15,19,21H,11-14,16H2,1-3H3,(H,24,26). The fraction of sp³-hybridized carbons (Fsp3) is 0.435. The second kappa shape index (κ2) is 8.50. The minimum Gasteiger partial charge on any atom is -0.349 e. The van der Waals surface area contributed by atoms with E-state index in [1.54, 1.807) is 0 Å². The second-order valence-corrected chi connectivity index (χ2v) is 7.61. The first-order chi connectivity index (χ1) is 12.5. The van der Waals surface area contributed by atoms with Gasteiger partial charge in [0.25, 0.3) is 0 Å². The van der Waals surface area contributed by atoms with Crippen molar-refractivity contribution in [3.8, 4) is 0 Å². The predicted molar refractivity (Wildman–Crippen MR) is 107 cm³/mol. The van der Waals surface area contributed by atoms with Crippen LogP contribution in [0.5, 0.6) is 0 Å². The summed E-state index contributed by atoms with van der Waals surface area (Å²) < 4.78 is 0. The number of hydrogen-bond acceptors (Lipinski definition) is 2. The first kappa shape index (κ1) is 18.7. The Kier molecular flexibility index (Phi) is 6.10. The lowest BCUT2D eigenvalue weighted by Crippen LogP contribution is -2.40. The van der Waals surface area contributed by atoms with Gasteiger partial charge in [-0.25, -0.2) is 0 Å². The van der Waals surface area contributed by atoms with E-state index in [0.717, 1.165) is 32.5 Å². The van der Waals surface area contributed by atoms with E-state index in [-0.39, 0.29) is 17.9 Å². The van der Waals surface area contributed by atoms with Crippen LogP contribution in [0.15, 0.2) is 48.5 Å². The van der Waals surface area contributed by atoms with Crippen LogP contribution in [-0.4, -0.2) is 23.9 Å². The molecular formula is C23H30N2O. The van der Waals surface area contributed by atoms with Gasteiger partial charge in [0.2, 0.25) is 5.91 Å². The van der Waals surface area contributed by atoms with Gasteiger partial charge in [0, 0.05) is 12.5 Å². The van der Waals surface area contributed by atoms with Crippen molar-refractivity contribution in [2.75, 3.05) is 13.1 Å². The Morgan fingerprint density at radius 1 is 1.08 bits per heavy atom. The molecule has 1 aliphatic rings. The summed E-state index contributed by atoms with van der Waals surface area (Å²) in [7, 11) is 0. The molecule has 3 rings (SSSR count). The van der Waals surface area contributed by atoms with Gasteiger partial charge in [-0.2, -0.15) is 0 Å². The number of rotatable bonds is 5. The van der Waals surface area contributed by atoms with E-state index >= 15 is 0 Å². The van der Waals surface area contributed by atoms with Crippen LogP contribution in [0.4, 0.5) is 0 Å². The van der Waals surface area contributed by atoms with Crippen molar-refractivity contribution in [1.82, 2.24) is 10.2 Å². The number of hydrogen-bond donors (Lipinski definition) is 1. The minimum atomic E-state index is 0.0594. The maximum Gasteiger partial charge on any atom is 0.223 e. The third-order valence-electron chi connectivity index (χ3n) is 5.60. The molecule has 1 amide bonds. The molecule has 0 radical (unpaired) electrons. The topological polar surface area (TPSA) is 32.3 Å². The second-order valence-electron chi connectivity index (χ2n) is 7.61. The predicted octanol–water partition coefficient (Wildman–Crippen LogP) is 4.39. The Hall–Kier alpha value is -2.13. The van der Waals surface area contributed by atoms with Crippen LogP contribution < -0.4 is 5.32 Å². The molecule has 0 aromatic heterocycles. The highest BCUT2D eigenvalue weighted by molar-refractivity contribution is 5.79. The third-order valence-corrected chi connectivity index (χ3v) is 5.60. The normalized spacial score (nSPS) is 17.0. The van der Waals surface area contributed by atoms with Crippen molar-refractivity contribution in [2.24, 2.45) is 5.92 Å². The summed E-state index contributed by atoms with van der Waals surface area (Å²) in [4.78, 5) is 15.1. The highest BCUT2D eigenvalue weighted by Gasteiger charge is 2.26. The highest BCUT2D eigenvalue weighted by atomic mass is 16.1. The van der Waals surface area contributed by atoms with Crippen molar-refractivity contribution < 1.29 is 4.79 Å². The fourth-order valence-corrected chi connectivity index (χ4v) is 3.64. The Bertz CT molecular complexity index is 733. The molecule has 3 nitrogen and oxygen atoms in total. The van der Waals surface area contributed by atoms with E-state index in [1.165, 1.54) is 22.3 Å².